The summed E-state index contributed by atoms with van der Waals surface area (Å²) in [4.78, 5) is 11.6. The lowest BCUT2D eigenvalue weighted by Gasteiger charge is -2.14. The number of aliphatic hydroxyl groups excluding tert-OH is 1. The van der Waals surface area contributed by atoms with Crippen LogP contribution in [0, 0.1) is 0 Å². The summed E-state index contributed by atoms with van der Waals surface area (Å²) in [7, 11) is -3.90. The maximum Gasteiger partial charge on any atom is 0.241 e. The number of ether oxygens (including phenoxy) is 1. The Bertz CT molecular complexity index is 621. The van der Waals surface area contributed by atoms with E-state index in [9.17, 15) is 13.2 Å². The predicted octanol–water partition coefficient (Wildman–Crippen LogP) is 0.514. The van der Waals surface area contributed by atoms with Crippen LogP contribution in [0.1, 0.15) is 13.8 Å². The van der Waals surface area contributed by atoms with Crippen molar-refractivity contribution in [3.63, 3.8) is 0 Å². The SMILES string of the molecule is CCOc1ccc(S(=O)(=O)N[C@H](C)C(=O)NCCO)cc1Cl. The van der Waals surface area contributed by atoms with E-state index < -0.39 is 22.0 Å². The van der Waals surface area contributed by atoms with Gasteiger partial charge in [-0.1, -0.05) is 11.6 Å². The van der Waals surface area contributed by atoms with E-state index >= 15 is 0 Å². The molecule has 0 aliphatic heterocycles. The molecule has 0 spiro atoms. The van der Waals surface area contributed by atoms with E-state index in [-0.39, 0.29) is 23.1 Å². The summed E-state index contributed by atoms with van der Waals surface area (Å²) in [5, 5.41) is 11.2. The van der Waals surface area contributed by atoms with Crippen LogP contribution in [0.15, 0.2) is 23.1 Å². The van der Waals surface area contributed by atoms with E-state index in [4.69, 9.17) is 21.4 Å². The first kappa shape index (κ1) is 18.7. The number of carbonyl (C=O) groups is 1. The summed E-state index contributed by atoms with van der Waals surface area (Å²) in [6.07, 6.45) is 0. The molecule has 1 aromatic carbocycles. The van der Waals surface area contributed by atoms with Crippen LogP contribution in [0.3, 0.4) is 0 Å². The molecule has 0 radical (unpaired) electrons. The Morgan fingerprint density at radius 3 is 2.68 bits per heavy atom. The van der Waals surface area contributed by atoms with E-state index in [0.717, 1.165) is 0 Å². The van der Waals surface area contributed by atoms with Crippen molar-refractivity contribution in [1.29, 1.82) is 0 Å². The lowest BCUT2D eigenvalue weighted by Crippen LogP contribution is -2.45. The van der Waals surface area contributed by atoms with E-state index in [1.807, 2.05) is 0 Å². The minimum Gasteiger partial charge on any atom is -0.492 e. The molecule has 1 rings (SSSR count). The van der Waals surface area contributed by atoms with Crippen LogP contribution >= 0.6 is 11.6 Å². The molecule has 7 nitrogen and oxygen atoms in total. The van der Waals surface area contributed by atoms with Gasteiger partial charge in [-0.25, -0.2) is 8.42 Å². The molecule has 9 heteroatoms. The second kappa shape index (κ2) is 8.33. The molecule has 0 fully saturated rings. The molecule has 0 aliphatic carbocycles. The lowest BCUT2D eigenvalue weighted by atomic mass is 10.3. The first-order chi connectivity index (χ1) is 10.3. The van der Waals surface area contributed by atoms with Gasteiger partial charge in [0.2, 0.25) is 15.9 Å². The highest BCUT2D eigenvalue weighted by Gasteiger charge is 2.22. The van der Waals surface area contributed by atoms with Gasteiger partial charge in [0.05, 0.1) is 29.2 Å². The molecular formula is C13H19ClN2O5S. The first-order valence-electron chi connectivity index (χ1n) is 6.65. The molecule has 124 valence electrons. The molecule has 0 saturated heterocycles. The van der Waals surface area contributed by atoms with Gasteiger partial charge < -0.3 is 15.2 Å². The van der Waals surface area contributed by atoms with Gasteiger partial charge in [0.1, 0.15) is 5.75 Å². The highest BCUT2D eigenvalue weighted by molar-refractivity contribution is 7.89. The number of amides is 1. The predicted molar refractivity (Wildman–Crippen MR) is 82.5 cm³/mol. The molecule has 0 aromatic heterocycles. The Morgan fingerprint density at radius 1 is 1.45 bits per heavy atom. The van der Waals surface area contributed by atoms with Gasteiger partial charge in [0.25, 0.3) is 0 Å². The maximum atomic E-state index is 12.2. The zero-order chi connectivity index (χ0) is 16.8. The first-order valence-corrected chi connectivity index (χ1v) is 8.51. The summed E-state index contributed by atoms with van der Waals surface area (Å²) in [5.41, 5.74) is 0. The van der Waals surface area contributed by atoms with E-state index in [2.05, 4.69) is 10.0 Å². The van der Waals surface area contributed by atoms with Crippen molar-refractivity contribution in [1.82, 2.24) is 10.0 Å². The van der Waals surface area contributed by atoms with Gasteiger partial charge >= 0.3 is 0 Å². The number of nitrogens with one attached hydrogen (secondary N) is 2. The number of halogens is 1. The monoisotopic (exact) mass is 350 g/mol. The lowest BCUT2D eigenvalue weighted by molar-refractivity contribution is -0.122. The molecule has 1 atom stereocenters. The van der Waals surface area contributed by atoms with Crippen LogP contribution in [0.5, 0.6) is 5.75 Å². The molecule has 0 saturated carbocycles. The highest BCUT2D eigenvalue weighted by atomic mass is 35.5. The minimum absolute atomic E-state index is 0.0553. The van der Waals surface area contributed by atoms with Gasteiger partial charge in [-0.3, -0.25) is 4.79 Å². The molecule has 0 unspecified atom stereocenters. The van der Waals surface area contributed by atoms with Crippen LogP contribution in [0.25, 0.3) is 0 Å². The second-order valence-corrected chi connectivity index (χ2v) is 6.50. The third kappa shape index (κ3) is 5.13. The van der Waals surface area contributed by atoms with Crippen molar-refractivity contribution >= 4 is 27.5 Å². The van der Waals surface area contributed by atoms with Crippen molar-refractivity contribution in [2.75, 3.05) is 19.8 Å². The van der Waals surface area contributed by atoms with Crippen LogP contribution < -0.4 is 14.8 Å². The normalized spacial score (nSPS) is 12.7. The maximum absolute atomic E-state index is 12.2. The number of rotatable bonds is 8. The van der Waals surface area contributed by atoms with Crippen molar-refractivity contribution in [2.45, 2.75) is 24.8 Å². The van der Waals surface area contributed by atoms with Crippen molar-refractivity contribution in [2.24, 2.45) is 0 Å². The summed E-state index contributed by atoms with van der Waals surface area (Å²) in [6.45, 7) is 3.43. The van der Waals surface area contributed by atoms with E-state index in [0.29, 0.717) is 12.4 Å². The third-order valence-corrected chi connectivity index (χ3v) is 4.48. The smallest absolute Gasteiger partial charge is 0.241 e. The zero-order valence-corrected chi connectivity index (χ0v) is 13.9. The molecule has 3 N–H and O–H groups in total. The van der Waals surface area contributed by atoms with Crippen LogP contribution in [-0.4, -0.2) is 45.2 Å². The number of hydrogen-bond acceptors (Lipinski definition) is 5. The average Bonchev–Trinajstić information content (AvgIpc) is 2.46. The second-order valence-electron chi connectivity index (χ2n) is 4.38. The Kier molecular flexibility index (Phi) is 7.08. The molecule has 0 aliphatic rings. The standard InChI is InChI=1S/C13H19ClN2O5S/c1-3-21-12-5-4-10(8-11(12)14)22(19,20)16-9(2)13(18)15-6-7-17/h4-5,8-9,16-17H,3,6-7H2,1-2H3,(H,15,18)/t9-/m1/s1. The number of sulfonamides is 1. The Balaban J connectivity index is 2.86. The van der Waals surface area contributed by atoms with Crippen molar-refractivity contribution in [3.05, 3.63) is 23.2 Å². The molecular weight excluding hydrogens is 332 g/mol. The summed E-state index contributed by atoms with van der Waals surface area (Å²) < 4.78 is 31.9. The molecule has 0 heterocycles. The summed E-state index contributed by atoms with van der Waals surface area (Å²) >= 11 is 5.96. The van der Waals surface area contributed by atoms with Crippen LogP contribution in [0.2, 0.25) is 5.02 Å². The van der Waals surface area contributed by atoms with E-state index in [1.54, 1.807) is 6.92 Å². The zero-order valence-electron chi connectivity index (χ0n) is 12.3. The van der Waals surface area contributed by atoms with Gasteiger partial charge in [-0.05, 0) is 32.0 Å². The largest absolute Gasteiger partial charge is 0.492 e. The summed E-state index contributed by atoms with van der Waals surface area (Å²) in [6, 6.07) is 3.07. The van der Waals surface area contributed by atoms with Gasteiger partial charge in [0, 0.05) is 6.54 Å². The average molecular weight is 351 g/mol. The highest BCUT2D eigenvalue weighted by Crippen LogP contribution is 2.27. The molecule has 1 aromatic rings. The van der Waals surface area contributed by atoms with Crippen LogP contribution in [-0.2, 0) is 14.8 Å². The number of benzene rings is 1. The Morgan fingerprint density at radius 2 is 2.14 bits per heavy atom. The Labute approximate surface area is 134 Å². The molecule has 0 bridgehead atoms. The summed E-state index contributed by atoms with van der Waals surface area (Å²) in [5.74, 6) is -0.147. The fourth-order valence-corrected chi connectivity index (χ4v) is 3.14. The molecule has 22 heavy (non-hydrogen) atoms. The fraction of sp³-hybridized carbons (Fsp3) is 0.462. The minimum atomic E-state index is -3.90. The van der Waals surface area contributed by atoms with Crippen LogP contribution in [0.4, 0.5) is 0 Å². The third-order valence-electron chi connectivity index (χ3n) is 2.65. The fourth-order valence-electron chi connectivity index (χ4n) is 1.61. The number of aliphatic hydroxyl groups is 1. The Hall–Kier alpha value is -1.35. The quantitative estimate of drug-likeness (QED) is 0.633. The van der Waals surface area contributed by atoms with Crippen molar-refractivity contribution < 1.29 is 23.1 Å². The number of hydrogen-bond donors (Lipinski definition) is 3. The van der Waals surface area contributed by atoms with Crippen molar-refractivity contribution in [3.8, 4) is 5.75 Å². The van der Waals surface area contributed by atoms with Gasteiger partial charge in [-0.15, -0.1) is 0 Å². The topological polar surface area (TPSA) is 105 Å². The van der Waals surface area contributed by atoms with Gasteiger partial charge in [0.15, 0.2) is 0 Å². The van der Waals surface area contributed by atoms with E-state index in [1.165, 1.54) is 25.1 Å². The molecule has 1 amide bonds. The van der Waals surface area contributed by atoms with Gasteiger partial charge in [-0.2, -0.15) is 4.72 Å². The number of carbonyl (C=O) groups excluding carboxylic acids is 1.